The Bertz CT molecular complexity index is 356. The second-order valence-electron chi connectivity index (χ2n) is 3.66. The fourth-order valence-electron chi connectivity index (χ4n) is 1.57. The van der Waals surface area contributed by atoms with Crippen molar-refractivity contribution in [1.82, 2.24) is 15.0 Å². The van der Waals surface area contributed by atoms with E-state index >= 15 is 0 Å². The Labute approximate surface area is 93.7 Å². The van der Waals surface area contributed by atoms with Gasteiger partial charge in [-0.2, -0.15) is 15.0 Å². The third kappa shape index (κ3) is 2.47. The van der Waals surface area contributed by atoms with E-state index in [4.69, 9.17) is 11.6 Å². The van der Waals surface area contributed by atoms with Gasteiger partial charge >= 0.3 is 0 Å². The van der Waals surface area contributed by atoms with Crippen molar-refractivity contribution in [1.29, 1.82) is 0 Å². The van der Waals surface area contributed by atoms with Crippen LogP contribution in [0, 0.1) is 5.92 Å². The predicted molar refractivity (Wildman–Crippen MR) is 60.2 cm³/mol. The van der Waals surface area contributed by atoms with Gasteiger partial charge in [-0.15, -0.1) is 0 Å². The maximum Gasteiger partial charge on any atom is 0.229 e. The Hall–Kier alpha value is -1.10. The Kier molecular flexibility index (Phi) is 2.90. The number of halogens is 1. The molecule has 2 N–H and O–H groups in total. The van der Waals surface area contributed by atoms with E-state index in [1.807, 2.05) is 0 Å². The number of hydrogen-bond donors (Lipinski definition) is 2. The number of anilines is 2. The minimum absolute atomic E-state index is 0.213. The highest BCUT2D eigenvalue weighted by Crippen LogP contribution is 2.35. The van der Waals surface area contributed by atoms with E-state index in [1.165, 1.54) is 12.8 Å². The van der Waals surface area contributed by atoms with Gasteiger partial charge in [-0.1, -0.05) is 13.3 Å². The molecular formula is C9H14ClN5. The molecule has 1 heterocycles. The zero-order valence-corrected chi connectivity index (χ0v) is 9.54. The summed E-state index contributed by atoms with van der Waals surface area (Å²) in [4.78, 5) is 12.1. The molecule has 1 aliphatic carbocycles. The molecule has 2 atom stereocenters. The van der Waals surface area contributed by atoms with Gasteiger partial charge in [0.05, 0.1) is 0 Å². The molecule has 82 valence electrons. The molecule has 0 amide bonds. The highest BCUT2D eigenvalue weighted by atomic mass is 35.5. The van der Waals surface area contributed by atoms with E-state index in [0.29, 0.717) is 17.9 Å². The minimum atomic E-state index is 0.213. The Morgan fingerprint density at radius 2 is 2.07 bits per heavy atom. The highest BCUT2D eigenvalue weighted by molar-refractivity contribution is 6.28. The lowest BCUT2D eigenvalue weighted by atomic mass is 10.3. The first kappa shape index (κ1) is 10.4. The van der Waals surface area contributed by atoms with Crippen LogP contribution in [0.4, 0.5) is 11.9 Å². The second-order valence-corrected chi connectivity index (χ2v) is 3.99. The maximum atomic E-state index is 5.76. The van der Waals surface area contributed by atoms with Crippen LogP contribution in [0.2, 0.25) is 5.28 Å². The van der Waals surface area contributed by atoms with Crippen LogP contribution in [-0.4, -0.2) is 28.0 Å². The molecule has 1 aromatic rings. The average Bonchev–Trinajstić information content (AvgIpc) is 2.95. The summed E-state index contributed by atoms with van der Waals surface area (Å²) in [6.07, 6.45) is 2.38. The lowest BCUT2D eigenvalue weighted by molar-refractivity contribution is 0.771. The zero-order valence-electron chi connectivity index (χ0n) is 8.79. The molecule has 0 saturated heterocycles. The smallest absolute Gasteiger partial charge is 0.229 e. The summed E-state index contributed by atoms with van der Waals surface area (Å²) in [5.41, 5.74) is 0. The van der Waals surface area contributed by atoms with E-state index in [2.05, 4.69) is 32.5 Å². The summed E-state index contributed by atoms with van der Waals surface area (Å²) >= 11 is 5.76. The molecule has 1 aliphatic rings. The van der Waals surface area contributed by atoms with Crippen LogP contribution >= 0.6 is 11.6 Å². The van der Waals surface area contributed by atoms with E-state index in [-0.39, 0.29) is 5.28 Å². The third-order valence-corrected chi connectivity index (χ3v) is 2.76. The monoisotopic (exact) mass is 227 g/mol. The van der Waals surface area contributed by atoms with Crippen molar-refractivity contribution >= 4 is 23.5 Å². The van der Waals surface area contributed by atoms with E-state index < -0.39 is 0 Å². The van der Waals surface area contributed by atoms with Crippen molar-refractivity contribution in [3.05, 3.63) is 5.28 Å². The van der Waals surface area contributed by atoms with Crippen LogP contribution in [0.3, 0.4) is 0 Å². The molecule has 1 aromatic heterocycles. The van der Waals surface area contributed by atoms with Gasteiger partial charge in [0.15, 0.2) is 0 Å². The van der Waals surface area contributed by atoms with Crippen molar-refractivity contribution in [3.8, 4) is 0 Å². The number of nitrogens with one attached hydrogen (secondary N) is 2. The van der Waals surface area contributed by atoms with Crippen LogP contribution in [-0.2, 0) is 0 Å². The Morgan fingerprint density at radius 3 is 2.67 bits per heavy atom. The first-order chi connectivity index (χ1) is 7.22. The summed E-state index contributed by atoms with van der Waals surface area (Å²) in [5, 5.41) is 6.30. The molecule has 1 saturated carbocycles. The molecule has 0 aromatic carbocycles. The molecule has 15 heavy (non-hydrogen) atoms. The normalized spacial score (nSPS) is 23.7. The number of aromatic nitrogens is 3. The molecular weight excluding hydrogens is 214 g/mol. The van der Waals surface area contributed by atoms with E-state index in [1.54, 1.807) is 7.05 Å². The lowest BCUT2D eigenvalue weighted by Crippen LogP contribution is -2.10. The number of hydrogen-bond acceptors (Lipinski definition) is 5. The molecule has 0 bridgehead atoms. The number of rotatable bonds is 4. The first-order valence-corrected chi connectivity index (χ1v) is 5.46. The van der Waals surface area contributed by atoms with Crippen molar-refractivity contribution in [2.24, 2.45) is 5.92 Å². The van der Waals surface area contributed by atoms with Crippen LogP contribution in [0.25, 0.3) is 0 Å². The Morgan fingerprint density at radius 1 is 1.33 bits per heavy atom. The Balaban J connectivity index is 2.05. The van der Waals surface area contributed by atoms with Crippen molar-refractivity contribution < 1.29 is 0 Å². The fraction of sp³-hybridized carbons (Fsp3) is 0.667. The molecule has 6 heteroatoms. The summed E-state index contributed by atoms with van der Waals surface area (Å²) in [6.45, 7) is 2.19. The van der Waals surface area contributed by atoms with Crippen molar-refractivity contribution in [3.63, 3.8) is 0 Å². The van der Waals surface area contributed by atoms with Gasteiger partial charge in [-0.25, -0.2) is 0 Å². The van der Waals surface area contributed by atoms with Crippen molar-refractivity contribution in [2.75, 3.05) is 17.7 Å². The molecule has 0 radical (unpaired) electrons. The van der Waals surface area contributed by atoms with Crippen LogP contribution in [0.15, 0.2) is 0 Å². The lowest BCUT2D eigenvalue weighted by Gasteiger charge is -2.05. The van der Waals surface area contributed by atoms with Gasteiger partial charge < -0.3 is 10.6 Å². The third-order valence-electron chi connectivity index (χ3n) is 2.59. The van der Waals surface area contributed by atoms with Gasteiger partial charge in [0.1, 0.15) is 0 Å². The van der Waals surface area contributed by atoms with Crippen molar-refractivity contribution in [2.45, 2.75) is 25.8 Å². The largest absolute Gasteiger partial charge is 0.357 e. The van der Waals surface area contributed by atoms with Gasteiger partial charge in [-0.05, 0) is 23.9 Å². The predicted octanol–water partition coefficient (Wildman–Crippen LogP) is 1.78. The molecule has 0 aliphatic heterocycles. The first-order valence-electron chi connectivity index (χ1n) is 5.08. The quantitative estimate of drug-likeness (QED) is 0.821. The second kappa shape index (κ2) is 4.18. The zero-order chi connectivity index (χ0) is 10.8. The summed E-state index contributed by atoms with van der Waals surface area (Å²) in [6, 6.07) is 0.498. The minimum Gasteiger partial charge on any atom is -0.357 e. The summed E-state index contributed by atoms with van der Waals surface area (Å²) < 4.78 is 0. The van der Waals surface area contributed by atoms with E-state index in [9.17, 15) is 0 Å². The van der Waals surface area contributed by atoms with E-state index in [0.717, 1.165) is 5.92 Å². The van der Waals surface area contributed by atoms with Gasteiger partial charge in [-0.3, -0.25) is 0 Å². The van der Waals surface area contributed by atoms with Crippen LogP contribution < -0.4 is 10.6 Å². The summed E-state index contributed by atoms with van der Waals surface area (Å²) in [7, 11) is 1.75. The standard InChI is InChI=1S/C9H14ClN5/c1-3-5-4-6(5)12-9-14-7(10)13-8(11-2)15-9/h5-6H,3-4H2,1-2H3,(H2,11,12,13,14,15). The van der Waals surface area contributed by atoms with Crippen LogP contribution in [0.5, 0.6) is 0 Å². The average molecular weight is 228 g/mol. The van der Waals surface area contributed by atoms with Gasteiger partial charge in [0.2, 0.25) is 17.2 Å². The van der Waals surface area contributed by atoms with Crippen LogP contribution in [0.1, 0.15) is 19.8 Å². The van der Waals surface area contributed by atoms with Gasteiger partial charge in [0.25, 0.3) is 0 Å². The highest BCUT2D eigenvalue weighted by Gasteiger charge is 2.35. The maximum absolute atomic E-state index is 5.76. The molecule has 0 spiro atoms. The topological polar surface area (TPSA) is 62.7 Å². The molecule has 2 rings (SSSR count). The van der Waals surface area contributed by atoms with Gasteiger partial charge in [0, 0.05) is 13.1 Å². The number of nitrogens with zero attached hydrogens (tertiary/aromatic N) is 3. The molecule has 2 unspecified atom stereocenters. The molecule has 1 fully saturated rings. The summed E-state index contributed by atoms with van der Waals surface area (Å²) in [5.74, 6) is 1.80. The SMILES string of the molecule is CCC1CC1Nc1nc(Cl)nc(NC)n1. The molecule has 5 nitrogen and oxygen atoms in total. The fourth-order valence-corrected chi connectivity index (χ4v) is 1.73.